The molecule has 2 rings (SSSR count). The molecular formula is C17H21BrN2S. The number of halogens is 1. The van der Waals surface area contributed by atoms with Crippen molar-refractivity contribution in [1.82, 2.24) is 4.98 Å². The molecule has 1 aromatic heterocycles. The molecule has 0 spiro atoms. The molecule has 2 aromatic rings. The van der Waals surface area contributed by atoms with E-state index in [0.717, 1.165) is 20.8 Å². The van der Waals surface area contributed by atoms with Gasteiger partial charge < -0.3 is 5.73 Å². The van der Waals surface area contributed by atoms with Gasteiger partial charge in [-0.3, -0.25) is 4.98 Å². The lowest BCUT2D eigenvalue weighted by molar-refractivity contribution is 0.590. The molecule has 0 saturated heterocycles. The lowest BCUT2D eigenvalue weighted by Gasteiger charge is -2.19. The summed E-state index contributed by atoms with van der Waals surface area (Å²) in [7, 11) is 0. The first-order valence-electron chi connectivity index (χ1n) is 6.97. The SMILES string of the molecule is CC(C)(C)c1ccc(CSc2cnc(CN)c(Br)c2)cc1. The van der Waals surface area contributed by atoms with E-state index in [0.29, 0.717) is 6.54 Å². The molecule has 0 amide bonds. The maximum Gasteiger partial charge on any atom is 0.0682 e. The average molecular weight is 365 g/mol. The van der Waals surface area contributed by atoms with Crippen LogP contribution in [0, 0.1) is 0 Å². The molecule has 0 atom stereocenters. The topological polar surface area (TPSA) is 38.9 Å². The zero-order chi connectivity index (χ0) is 15.5. The predicted octanol–water partition coefficient (Wildman–Crippen LogP) is 4.89. The number of thioether (sulfide) groups is 1. The Labute approximate surface area is 139 Å². The van der Waals surface area contributed by atoms with Gasteiger partial charge in [0.25, 0.3) is 0 Å². The molecule has 2 N–H and O–H groups in total. The largest absolute Gasteiger partial charge is 0.325 e. The van der Waals surface area contributed by atoms with Crippen LogP contribution in [-0.4, -0.2) is 4.98 Å². The Morgan fingerprint density at radius 1 is 1.19 bits per heavy atom. The number of nitrogens with zero attached hydrogens (tertiary/aromatic N) is 1. The number of benzene rings is 1. The van der Waals surface area contributed by atoms with Gasteiger partial charge in [-0.2, -0.15) is 0 Å². The minimum absolute atomic E-state index is 0.207. The second-order valence-electron chi connectivity index (χ2n) is 6.04. The van der Waals surface area contributed by atoms with Gasteiger partial charge in [0.1, 0.15) is 0 Å². The molecule has 0 aliphatic heterocycles. The second kappa shape index (κ2) is 6.95. The van der Waals surface area contributed by atoms with E-state index in [1.165, 1.54) is 11.1 Å². The summed E-state index contributed by atoms with van der Waals surface area (Å²) in [5.74, 6) is 0.945. The van der Waals surface area contributed by atoms with Crippen molar-refractivity contribution in [3.05, 3.63) is 57.8 Å². The normalized spacial score (nSPS) is 11.7. The van der Waals surface area contributed by atoms with Gasteiger partial charge in [0.2, 0.25) is 0 Å². The number of rotatable bonds is 4. The molecule has 0 aliphatic carbocycles. The third-order valence-corrected chi connectivity index (χ3v) is 5.03. The summed E-state index contributed by atoms with van der Waals surface area (Å²) >= 11 is 5.30. The van der Waals surface area contributed by atoms with Gasteiger partial charge in [-0.1, -0.05) is 45.0 Å². The Morgan fingerprint density at radius 2 is 1.86 bits per heavy atom. The highest BCUT2D eigenvalue weighted by Crippen LogP contribution is 2.28. The molecular weight excluding hydrogens is 344 g/mol. The van der Waals surface area contributed by atoms with Gasteiger partial charge in [-0.05, 0) is 38.5 Å². The fraction of sp³-hybridized carbons (Fsp3) is 0.353. The minimum Gasteiger partial charge on any atom is -0.325 e. The van der Waals surface area contributed by atoms with Crippen LogP contribution >= 0.6 is 27.7 Å². The van der Waals surface area contributed by atoms with Crippen molar-refractivity contribution in [3.63, 3.8) is 0 Å². The molecule has 4 heteroatoms. The average Bonchev–Trinajstić information content (AvgIpc) is 2.45. The lowest BCUT2D eigenvalue weighted by Crippen LogP contribution is -2.10. The van der Waals surface area contributed by atoms with Crippen molar-refractivity contribution in [2.45, 2.75) is 43.4 Å². The van der Waals surface area contributed by atoms with Gasteiger partial charge in [0.05, 0.1) is 5.69 Å². The number of hydrogen-bond acceptors (Lipinski definition) is 3. The first kappa shape index (κ1) is 16.5. The molecule has 0 unspecified atom stereocenters. The van der Waals surface area contributed by atoms with Gasteiger partial charge in [-0.15, -0.1) is 11.8 Å². The van der Waals surface area contributed by atoms with E-state index in [-0.39, 0.29) is 5.41 Å². The molecule has 0 bridgehead atoms. The van der Waals surface area contributed by atoms with Crippen LogP contribution in [0.3, 0.4) is 0 Å². The van der Waals surface area contributed by atoms with Crippen molar-refractivity contribution in [2.75, 3.05) is 0 Å². The Balaban J connectivity index is 2.01. The minimum atomic E-state index is 0.207. The molecule has 2 nitrogen and oxygen atoms in total. The Hall–Kier alpha value is -0.840. The summed E-state index contributed by atoms with van der Waals surface area (Å²) in [5.41, 5.74) is 9.41. The van der Waals surface area contributed by atoms with Crippen molar-refractivity contribution < 1.29 is 0 Å². The Bertz CT molecular complexity index is 603. The molecule has 0 fully saturated rings. The molecule has 1 heterocycles. The monoisotopic (exact) mass is 364 g/mol. The fourth-order valence-corrected chi connectivity index (χ4v) is 3.46. The Kier molecular flexibility index (Phi) is 5.47. The molecule has 112 valence electrons. The predicted molar refractivity (Wildman–Crippen MR) is 94.5 cm³/mol. The zero-order valence-corrected chi connectivity index (χ0v) is 15.1. The smallest absolute Gasteiger partial charge is 0.0682 e. The van der Waals surface area contributed by atoms with Crippen LogP contribution in [0.1, 0.15) is 37.6 Å². The summed E-state index contributed by atoms with van der Waals surface area (Å²) < 4.78 is 0.984. The number of hydrogen-bond donors (Lipinski definition) is 1. The highest BCUT2D eigenvalue weighted by Gasteiger charge is 2.12. The van der Waals surface area contributed by atoms with E-state index in [9.17, 15) is 0 Å². The number of nitrogens with two attached hydrogens (primary N) is 1. The van der Waals surface area contributed by atoms with Crippen LogP contribution in [0.2, 0.25) is 0 Å². The second-order valence-corrected chi connectivity index (χ2v) is 7.94. The van der Waals surface area contributed by atoms with Crippen LogP contribution in [0.15, 0.2) is 45.9 Å². The van der Waals surface area contributed by atoms with Crippen molar-refractivity contribution >= 4 is 27.7 Å². The van der Waals surface area contributed by atoms with Crippen LogP contribution in [0.25, 0.3) is 0 Å². The van der Waals surface area contributed by atoms with E-state index in [4.69, 9.17) is 5.73 Å². The van der Waals surface area contributed by atoms with Crippen LogP contribution < -0.4 is 5.73 Å². The molecule has 1 aromatic carbocycles. The lowest BCUT2D eigenvalue weighted by atomic mass is 9.87. The number of pyridine rings is 1. The van der Waals surface area contributed by atoms with E-state index >= 15 is 0 Å². The van der Waals surface area contributed by atoms with Crippen LogP contribution in [-0.2, 0) is 17.7 Å². The van der Waals surface area contributed by atoms with Gasteiger partial charge in [0.15, 0.2) is 0 Å². The molecule has 0 saturated carbocycles. The van der Waals surface area contributed by atoms with Crippen LogP contribution in [0.5, 0.6) is 0 Å². The van der Waals surface area contributed by atoms with E-state index in [1.807, 2.05) is 6.20 Å². The summed E-state index contributed by atoms with van der Waals surface area (Å²) in [6, 6.07) is 11.0. The first-order valence-corrected chi connectivity index (χ1v) is 8.74. The third-order valence-electron chi connectivity index (χ3n) is 3.31. The maximum atomic E-state index is 5.62. The van der Waals surface area contributed by atoms with Gasteiger partial charge in [0, 0.05) is 27.9 Å². The summed E-state index contributed by atoms with van der Waals surface area (Å²) in [6.07, 6.45) is 1.89. The van der Waals surface area contributed by atoms with Crippen LogP contribution in [0.4, 0.5) is 0 Å². The first-order chi connectivity index (χ1) is 9.90. The Morgan fingerprint density at radius 3 is 2.38 bits per heavy atom. The zero-order valence-electron chi connectivity index (χ0n) is 12.7. The van der Waals surface area contributed by atoms with E-state index in [2.05, 4.69) is 72.0 Å². The van der Waals surface area contributed by atoms with E-state index < -0.39 is 0 Å². The third kappa shape index (κ3) is 4.56. The number of aromatic nitrogens is 1. The fourth-order valence-electron chi connectivity index (χ4n) is 1.95. The quantitative estimate of drug-likeness (QED) is 0.784. The molecule has 0 aliphatic rings. The maximum absolute atomic E-state index is 5.62. The van der Waals surface area contributed by atoms with Crippen molar-refractivity contribution in [3.8, 4) is 0 Å². The van der Waals surface area contributed by atoms with E-state index in [1.54, 1.807) is 11.8 Å². The summed E-state index contributed by atoms with van der Waals surface area (Å²) in [5, 5.41) is 0. The summed E-state index contributed by atoms with van der Waals surface area (Å²) in [4.78, 5) is 5.51. The van der Waals surface area contributed by atoms with Crippen molar-refractivity contribution in [2.24, 2.45) is 5.73 Å². The highest BCUT2D eigenvalue weighted by atomic mass is 79.9. The standard InChI is InChI=1S/C17H21BrN2S/c1-17(2,3)13-6-4-12(5-7-13)11-21-14-8-15(18)16(9-19)20-10-14/h4-8,10H,9,11,19H2,1-3H3. The van der Waals surface area contributed by atoms with Gasteiger partial charge >= 0.3 is 0 Å². The summed E-state index contributed by atoms with van der Waals surface area (Å²) in [6.45, 7) is 7.16. The molecule has 21 heavy (non-hydrogen) atoms. The van der Waals surface area contributed by atoms with Gasteiger partial charge in [-0.25, -0.2) is 0 Å². The highest BCUT2D eigenvalue weighted by molar-refractivity contribution is 9.10. The molecule has 0 radical (unpaired) electrons. The van der Waals surface area contributed by atoms with Crippen molar-refractivity contribution in [1.29, 1.82) is 0 Å².